The van der Waals surface area contributed by atoms with Crippen LogP contribution in [0.4, 0.5) is 0 Å². The number of hydrogen-bond acceptors (Lipinski definition) is 3. The SMILES string of the molecule is CC(C)S(=O)(=O)N1CCCCO1. The van der Waals surface area contributed by atoms with Crippen LogP contribution in [0, 0.1) is 0 Å². The zero-order chi connectivity index (χ0) is 9.19. The molecule has 0 radical (unpaired) electrons. The van der Waals surface area contributed by atoms with Crippen LogP contribution in [0.25, 0.3) is 0 Å². The van der Waals surface area contributed by atoms with Crippen LogP contribution in [0.5, 0.6) is 0 Å². The van der Waals surface area contributed by atoms with Gasteiger partial charge in [0.2, 0.25) is 10.0 Å². The van der Waals surface area contributed by atoms with Gasteiger partial charge in [-0.3, -0.25) is 4.84 Å². The average Bonchev–Trinajstić information content (AvgIpc) is 2.06. The molecule has 0 aromatic heterocycles. The van der Waals surface area contributed by atoms with Gasteiger partial charge in [0.15, 0.2) is 0 Å². The molecule has 0 saturated carbocycles. The molecule has 1 saturated heterocycles. The molecule has 12 heavy (non-hydrogen) atoms. The topological polar surface area (TPSA) is 46.6 Å². The predicted molar refractivity (Wildman–Crippen MR) is 45.9 cm³/mol. The van der Waals surface area contributed by atoms with Crippen molar-refractivity contribution in [1.29, 1.82) is 0 Å². The van der Waals surface area contributed by atoms with Gasteiger partial charge < -0.3 is 0 Å². The number of sulfonamides is 1. The summed E-state index contributed by atoms with van der Waals surface area (Å²) >= 11 is 0. The van der Waals surface area contributed by atoms with Crippen molar-refractivity contribution >= 4 is 10.0 Å². The lowest BCUT2D eigenvalue weighted by atomic mass is 10.3. The van der Waals surface area contributed by atoms with Gasteiger partial charge in [-0.05, 0) is 26.7 Å². The molecule has 1 rings (SSSR count). The van der Waals surface area contributed by atoms with Gasteiger partial charge in [-0.2, -0.15) is 0 Å². The zero-order valence-electron chi connectivity index (χ0n) is 7.49. The maximum Gasteiger partial charge on any atom is 0.238 e. The second-order valence-electron chi connectivity index (χ2n) is 3.16. The highest BCUT2D eigenvalue weighted by Crippen LogP contribution is 2.14. The molecule has 72 valence electrons. The molecule has 0 N–H and O–H groups in total. The first kappa shape index (κ1) is 9.95. The van der Waals surface area contributed by atoms with E-state index in [0.29, 0.717) is 13.2 Å². The Hall–Kier alpha value is -0.130. The lowest BCUT2D eigenvalue weighted by Gasteiger charge is -2.26. The first-order valence-electron chi connectivity index (χ1n) is 4.19. The van der Waals surface area contributed by atoms with Gasteiger partial charge in [-0.1, -0.05) is 4.47 Å². The number of rotatable bonds is 2. The molecular weight excluding hydrogens is 178 g/mol. The fourth-order valence-electron chi connectivity index (χ4n) is 1.01. The highest BCUT2D eigenvalue weighted by atomic mass is 32.2. The maximum atomic E-state index is 11.5. The van der Waals surface area contributed by atoms with Crippen LogP contribution in [0.2, 0.25) is 0 Å². The van der Waals surface area contributed by atoms with Crippen LogP contribution in [0.15, 0.2) is 0 Å². The summed E-state index contributed by atoms with van der Waals surface area (Å²) in [5.74, 6) is 0. The molecule has 4 nitrogen and oxygen atoms in total. The van der Waals surface area contributed by atoms with E-state index in [2.05, 4.69) is 0 Å². The molecule has 0 aliphatic carbocycles. The second-order valence-corrected chi connectivity index (χ2v) is 5.54. The molecule has 0 amide bonds. The van der Waals surface area contributed by atoms with Crippen molar-refractivity contribution in [2.24, 2.45) is 0 Å². The molecule has 0 spiro atoms. The molecule has 1 aliphatic rings. The van der Waals surface area contributed by atoms with E-state index in [-0.39, 0.29) is 0 Å². The fraction of sp³-hybridized carbons (Fsp3) is 1.00. The first-order chi connectivity index (χ1) is 5.55. The average molecular weight is 193 g/mol. The van der Waals surface area contributed by atoms with Gasteiger partial charge >= 0.3 is 0 Å². The quantitative estimate of drug-likeness (QED) is 0.650. The summed E-state index contributed by atoms with van der Waals surface area (Å²) in [6, 6.07) is 0. The minimum absolute atomic E-state index is 0.393. The summed E-state index contributed by atoms with van der Waals surface area (Å²) in [6.07, 6.45) is 1.84. The largest absolute Gasteiger partial charge is 0.284 e. The van der Waals surface area contributed by atoms with Crippen molar-refractivity contribution in [3.8, 4) is 0 Å². The molecule has 0 bridgehead atoms. The Balaban J connectivity index is 2.67. The van der Waals surface area contributed by atoms with Crippen molar-refractivity contribution in [2.45, 2.75) is 31.9 Å². The summed E-state index contributed by atoms with van der Waals surface area (Å²) in [7, 11) is -3.19. The van der Waals surface area contributed by atoms with E-state index < -0.39 is 15.3 Å². The molecule has 0 aromatic carbocycles. The Kier molecular flexibility index (Phi) is 3.09. The van der Waals surface area contributed by atoms with E-state index >= 15 is 0 Å². The molecule has 5 heteroatoms. The summed E-state index contributed by atoms with van der Waals surface area (Å²) in [5, 5.41) is -0.393. The minimum Gasteiger partial charge on any atom is -0.284 e. The lowest BCUT2D eigenvalue weighted by molar-refractivity contribution is -0.109. The fourth-order valence-corrected chi connectivity index (χ4v) is 2.09. The number of hydrogen-bond donors (Lipinski definition) is 0. The molecule has 1 heterocycles. The summed E-state index contributed by atoms with van der Waals surface area (Å²) in [4.78, 5) is 5.05. The minimum atomic E-state index is -3.19. The summed E-state index contributed by atoms with van der Waals surface area (Å²) in [5.41, 5.74) is 0. The third kappa shape index (κ3) is 1.97. The zero-order valence-corrected chi connectivity index (χ0v) is 8.30. The normalized spacial score (nSPS) is 21.6. The monoisotopic (exact) mass is 193 g/mol. The molecule has 1 fully saturated rings. The van der Waals surface area contributed by atoms with Gasteiger partial charge in [0, 0.05) is 6.54 Å². The smallest absolute Gasteiger partial charge is 0.238 e. The van der Waals surface area contributed by atoms with Crippen LogP contribution < -0.4 is 0 Å². The van der Waals surface area contributed by atoms with Gasteiger partial charge in [0.25, 0.3) is 0 Å². The molecular formula is C7H15NO3S. The van der Waals surface area contributed by atoms with Crippen molar-refractivity contribution < 1.29 is 13.3 Å². The van der Waals surface area contributed by atoms with Gasteiger partial charge in [0.05, 0.1) is 11.9 Å². The van der Waals surface area contributed by atoms with Gasteiger partial charge in [-0.25, -0.2) is 8.42 Å². The van der Waals surface area contributed by atoms with Crippen LogP contribution in [-0.4, -0.2) is 31.3 Å². The Morgan fingerprint density at radius 2 is 2.00 bits per heavy atom. The van der Waals surface area contributed by atoms with E-state index in [1.54, 1.807) is 13.8 Å². The van der Waals surface area contributed by atoms with Crippen LogP contribution in [-0.2, 0) is 14.9 Å². The van der Waals surface area contributed by atoms with Gasteiger partial charge in [0.1, 0.15) is 0 Å². The molecule has 0 unspecified atom stereocenters. The van der Waals surface area contributed by atoms with Crippen LogP contribution in [0.1, 0.15) is 26.7 Å². The van der Waals surface area contributed by atoms with Crippen molar-refractivity contribution in [1.82, 2.24) is 4.47 Å². The lowest BCUT2D eigenvalue weighted by Crippen LogP contribution is -2.39. The Bertz CT molecular complexity index is 229. The van der Waals surface area contributed by atoms with E-state index in [0.717, 1.165) is 17.3 Å². The summed E-state index contributed by atoms with van der Waals surface area (Å²) < 4.78 is 24.1. The third-order valence-electron chi connectivity index (χ3n) is 1.85. The highest BCUT2D eigenvalue weighted by Gasteiger charge is 2.27. The van der Waals surface area contributed by atoms with E-state index in [1.807, 2.05) is 0 Å². The molecule has 1 aliphatic heterocycles. The number of nitrogens with zero attached hydrogens (tertiary/aromatic N) is 1. The molecule has 0 aromatic rings. The third-order valence-corrected chi connectivity index (χ3v) is 3.90. The standard InChI is InChI=1S/C7H15NO3S/c1-7(2)12(9,10)8-5-3-4-6-11-8/h7H,3-6H2,1-2H3. The van der Waals surface area contributed by atoms with E-state index in [4.69, 9.17) is 4.84 Å². The van der Waals surface area contributed by atoms with E-state index in [1.165, 1.54) is 0 Å². The highest BCUT2D eigenvalue weighted by molar-refractivity contribution is 7.89. The Morgan fingerprint density at radius 1 is 1.33 bits per heavy atom. The predicted octanol–water partition coefficient (Wildman–Crippen LogP) is 0.752. The molecule has 0 atom stereocenters. The Labute approximate surface area is 73.5 Å². The van der Waals surface area contributed by atoms with Crippen molar-refractivity contribution in [2.75, 3.05) is 13.2 Å². The number of hydroxylamine groups is 1. The van der Waals surface area contributed by atoms with Crippen LogP contribution in [0.3, 0.4) is 0 Å². The maximum absolute atomic E-state index is 11.5. The van der Waals surface area contributed by atoms with Gasteiger partial charge in [-0.15, -0.1) is 0 Å². The van der Waals surface area contributed by atoms with Crippen molar-refractivity contribution in [3.63, 3.8) is 0 Å². The Morgan fingerprint density at radius 3 is 2.42 bits per heavy atom. The first-order valence-corrected chi connectivity index (χ1v) is 5.70. The second kappa shape index (κ2) is 3.72. The van der Waals surface area contributed by atoms with Crippen LogP contribution >= 0.6 is 0 Å². The van der Waals surface area contributed by atoms with Crippen molar-refractivity contribution in [3.05, 3.63) is 0 Å². The van der Waals surface area contributed by atoms with E-state index in [9.17, 15) is 8.42 Å². The summed E-state index contributed by atoms with van der Waals surface area (Å²) in [6.45, 7) is 4.34.